The first-order chi connectivity index (χ1) is 11.7. The zero-order valence-corrected chi connectivity index (χ0v) is 15.0. The van der Waals surface area contributed by atoms with E-state index < -0.39 is 0 Å². The number of hydrogen-bond acceptors (Lipinski definition) is 3. The second kappa shape index (κ2) is 8.34. The van der Waals surface area contributed by atoms with Crippen LogP contribution in [0.3, 0.4) is 0 Å². The number of pyridine rings is 1. The van der Waals surface area contributed by atoms with Crippen LogP contribution in [0.4, 0.5) is 5.69 Å². The normalized spacial score (nSPS) is 11.5. The van der Waals surface area contributed by atoms with Crippen LogP contribution in [0.1, 0.15) is 11.1 Å². The van der Waals surface area contributed by atoms with Gasteiger partial charge in [0.2, 0.25) is 0 Å². The third kappa shape index (κ3) is 4.60. The van der Waals surface area contributed by atoms with Crippen LogP contribution in [0.5, 0.6) is 0 Å². The van der Waals surface area contributed by atoms with Gasteiger partial charge in [-0.1, -0.05) is 53.5 Å². The lowest BCUT2D eigenvalue weighted by atomic mass is 10.2. The van der Waals surface area contributed by atoms with Crippen LogP contribution in [0.25, 0.3) is 0 Å². The molecule has 5 heteroatoms. The molecule has 0 saturated heterocycles. The van der Waals surface area contributed by atoms with Gasteiger partial charge in [0.15, 0.2) is 0 Å². The van der Waals surface area contributed by atoms with Crippen LogP contribution in [0.2, 0.25) is 10.0 Å². The molecule has 2 nitrogen and oxygen atoms in total. The summed E-state index contributed by atoms with van der Waals surface area (Å²) in [4.78, 5) is 8.92. The fourth-order valence-corrected chi connectivity index (χ4v) is 3.47. The van der Waals surface area contributed by atoms with E-state index in [0.29, 0.717) is 15.7 Å². The van der Waals surface area contributed by atoms with Crippen molar-refractivity contribution in [2.75, 3.05) is 0 Å². The summed E-state index contributed by atoms with van der Waals surface area (Å²) in [6.07, 6.45) is 3.55. The first kappa shape index (κ1) is 17.0. The maximum atomic E-state index is 6.26. The predicted octanol–water partition coefficient (Wildman–Crippen LogP) is 6.40. The second-order valence-corrected chi connectivity index (χ2v) is 6.84. The van der Waals surface area contributed by atoms with Gasteiger partial charge in [0, 0.05) is 28.7 Å². The molecule has 2 aromatic carbocycles. The predicted molar refractivity (Wildman–Crippen MR) is 105 cm³/mol. The van der Waals surface area contributed by atoms with Crippen molar-refractivity contribution in [3.63, 3.8) is 0 Å². The van der Waals surface area contributed by atoms with E-state index in [4.69, 9.17) is 28.2 Å². The minimum Gasteiger partial charge on any atom is -0.264 e. The quantitative estimate of drug-likeness (QED) is 0.391. The molecule has 24 heavy (non-hydrogen) atoms. The summed E-state index contributed by atoms with van der Waals surface area (Å²) in [7, 11) is 0. The molecule has 0 unspecified atom stereocenters. The zero-order chi connectivity index (χ0) is 16.8. The van der Waals surface area contributed by atoms with E-state index in [1.54, 1.807) is 36.3 Å². The Morgan fingerprint density at radius 2 is 1.83 bits per heavy atom. The molecule has 120 valence electrons. The van der Waals surface area contributed by atoms with Gasteiger partial charge in [-0.3, -0.25) is 4.98 Å². The summed E-state index contributed by atoms with van der Waals surface area (Å²) in [5, 5.41) is 2.00. The number of hydrogen-bond donors (Lipinski definition) is 0. The SMILES string of the molecule is Clc1ccc(N=C(SCc2ccccc2)c2cccnc2)c(Cl)c1. The molecule has 0 aliphatic heterocycles. The summed E-state index contributed by atoms with van der Waals surface area (Å²) in [5.74, 6) is 0.819. The molecule has 3 aromatic rings. The second-order valence-electron chi connectivity index (χ2n) is 5.03. The molecule has 0 amide bonds. The molecule has 0 radical (unpaired) electrons. The average molecular weight is 373 g/mol. The van der Waals surface area contributed by atoms with E-state index in [-0.39, 0.29) is 0 Å². The molecular formula is C19H14Cl2N2S. The Kier molecular flexibility index (Phi) is 5.91. The zero-order valence-electron chi connectivity index (χ0n) is 12.7. The van der Waals surface area contributed by atoms with Crippen LogP contribution < -0.4 is 0 Å². The van der Waals surface area contributed by atoms with Crippen molar-refractivity contribution in [2.24, 2.45) is 4.99 Å². The smallest absolute Gasteiger partial charge is 0.106 e. The highest BCUT2D eigenvalue weighted by atomic mass is 35.5. The van der Waals surface area contributed by atoms with Crippen molar-refractivity contribution in [2.45, 2.75) is 5.75 Å². The Morgan fingerprint density at radius 3 is 2.54 bits per heavy atom. The van der Waals surface area contributed by atoms with Crippen LogP contribution in [0.15, 0.2) is 78.0 Å². The number of benzene rings is 2. The fourth-order valence-electron chi connectivity index (χ4n) is 2.08. The number of thioether (sulfide) groups is 1. The lowest BCUT2D eigenvalue weighted by Gasteiger charge is -2.08. The Labute approximate surface area is 155 Å². The maximum absolute atomic E-state index is 6.26. The molecule has 1 heterocycles. The molecular weight excluding hydrogens is 359 g/mol. The highest BCUT2D eigenvalue weighted by Crippen LogP contribution is 2.30. The van der Waals surface area contributed by atoms with Crippen LogP contribution >= 0.6 is 35.0 Å². The lowest BCUT2D eigenvalue weighted by molar-refractivity contribution is 1.32. The van der Waals surface area contributed by atoms with Gasteiger partial charge in [0.1, 0.15) is 5.04 Å². The van der Waals surface area contributed by atoms with Crippen LogP contribution in [-0.4, -0.2) is 10.0 Å². The minimum atomic E-state index is 0.532. The van der Waals surface area contributed by atoms with E-state index >= 15 is 0 Å². The molecule has 0 bridgehead atoms. The number of aromatic nitrogens is 1. The van der Waals surface area contributed by atoms with Crippen LogP contribution in [-0.2, 0) is 5.75 Å². The Balaban J connectivity index is 1.91. The Bertz CT molecular complexity index is 837. The van der Waals surface area contributed by atoms with E-state index in [0.717, 1.165) is 16.4 Å². The van der Waals surface area contributed by atoms with Crippen molar-refractivity contribution < 1.29 is 0 Å². The van der Waals surface area contributed by atoms with E-state index in [1.807, 2.05) is 36.4 Å². The summed E-state index contributed by atoms with van der Waals surface area (Å²) < 4.78 is 0. The van der Waals surface area contributed by atoms with Gasteiger partial charge in [-0.2, -0.15) is 0 Å². The summed E-state index contributed by atoms with van der Waals surface area (Å²) in [6, 6.07) is 19.5. The molecule has 0 spiro atoms. The van der Waals surface area contributed by atoms with Crippen molar-refractivity contribution in [1.29, 1.82) is 0 Å². The highest BCUT2D eigenvalue weighted by molar-refractivity contribution is 8.13. The van der Waals surface area contributed by atoms with E-state index in [2.05, 4.69) is 17.1 Å². The van der Waals surface area contributed by atoms with Gasteiger partial charge in [-0.15, -0.1) is 11.8 Å². The molecule has 0 fully saturated rings. The van der Waals surface area contributed by atoms with Crippen molar-refractivity contribution in [3.8, 4) is 0 Å². The summed E-state index contributed by atoms with van der Waals surface area (Å²) >= 11 is 13.9. The van der Waals surface area contributed by atoms with E-state index in [1.165, 1.54) is 5.56 Å². The van der Waals surface area contributed by atoms with Crippen LogP contribution in [0, 0.1) is 0 Å². The average Bonchev–Trinajstić information content (AvgIpc) is 2.62. The molecule has 0 aliphatic rings. The minimum absolute atomic E-state index is 0.532. The molecule has 0 saturated carbocycles. The third-order valence-electron chi connectivity index (χ3n) is 3.26. The van der Waals surface area contributed by atoms with Gasteiger partial charge < -0.3 is 0 Å². The van der Waals surface area contributed by atoms with E-state index in [9.17, 15) is 0 Å². The molecule has 0 aliphatic carbocycles. The molecule has 3 rings (SSSR count). The third-order valence-corrected chi connectivity index (χ3v) is 4.87. The maximum Gasteiger partial charge on any atom is 0.106 e. The number of nitrogens with zero attached hydrogens (tertiary/aromatic N) is 2. The first-order valence-corrected chi connectivity index (χ1v) is 9.07. The van der Waals surface area contributed by atoms with Gasteiger partial charge in [-0.25, -0.2) is 4.99 Å². The van der Waals surface area contributed by atoms with Crippen molar-refractivity contribution in [3.05, 3.63) is 94.2 Å². The Morgan fingerprint density at radius 1 is 1.00 bits per heavy atom. The van der Waals surface area contributed by atoms with Gasteiger partial charge in [0.05, 0.1) is 10.7 Å². The topological polar surface area (TPSA) is 25.2 Å². The van der Waals surface area contributed by atoms with Gasteiger partial charge in [-0.05, 0) is 35.9 Å². The highest BCUT2D eigenvalue weighted by Gasteiger charge is 2.08. The lowest BCUT2D eigenvalue weighted by Crippen LogP contribution is -1.97. The van der Waals surface area contributed by atoms with Crippen molar-refractivity contribution in [1.82, 2.24) is 4.98 Å². The Hall–Kier alpha value is -1.81. The standard InChI is InChI=1S/C19H14Cl2N2S/c20-16-8-9-18(17(21)11-16)23-19(15-7-4-10-22-12-15)24-13-14-5-2-1-3-6-14/h1-12H,13H2. The molecule has 0 N–H and O–H groups in total. The number of rotatable bonds is 4. The fraction of sp³-hybridized carbons (Fsp3) is 0.0526. The van der Waals surface area contributed by atoms with Crippen molar-refractivity contribution >= 4 is 45.7 Å². The summed E-state index contributed by atoms with van der Waals surface area (Å²) in [5.41, 5.74) is 2.89. The first-order valence-electron chi connectivity index (χ1n) is 7.33. The number of halogens is 2. The monoisotopic (exact) mass is 372 g/mol. The molecule has 1 aromatic heterocycles. The number of aliphatic imine (C=N–C) groups is 1. The molecule has 0 atom stereocenters. The van der Waals surface area contributed by atoms with Gasteiger partial charge in [0.25, 0.3) is 0 Å². The largest absolute Gasteiger partial charge is 0.264 e. The van der Waals surface area contributed by atoms with Gasteiger partial charge >= 0.3 is 0 Å². The summed E-state index contributed by atoms with van der Waals surface area (Å²) in [6.45, 7) is 0.